The molecule has 0 amide bonds. The van der Waals surface area contributed by atoms with E-state index in [9.17, 15) is 4.79 Å². The molecule has 2 unspecified atom stereocenters. The molecule has 1 fully saturated rings. The van der Waals surface area contributed by atoms with Crippen molar-refractivity contribution >= 4 is 5.78 Å². The molecule has 1 aliphatic heterocycles. The van der Waals surface area contributed by atoms with E-state index in [2.05, 4.69) is 13.8 Å². The molecule has 1 heterocycles. The average Bonchev–Trinajstić information content (AvgIpc) is 2.37. The second-order valence-corrected chi connectivity index (χ2v) is 5.24. The molecule has 0 radical (unpaired) electrons. The summed E-state index contributed by atoms with van der Waals surface area (Å²) in [6, 6.07) is 7.51. The zero-order valence-electron chi connectivity index (χ0n) is 11.9. The summed E-state index contributed by atoms with van der Waals surface area (Å²) in [5.74, 6) is 0.837. The van der Waals surface area contributed by atoms with E-state index in [0.29, 0.717) is 17.7 Å². The molecule has 1 saturated heterocycles. The number of carbonyl (C=O) groups is 1. The van der Waals surface area contributed by atoms with E-state index in [-0.39, 0.29) is 24.1 Å². The lowest BCUT2D eigenvalue weighted by molar-refractivity contribution is -0.0722. The monoisotopic (exact) mass is 262 g/mol. The zero-order chi connectivity index (χ0) is 13.8. The second-order valence-electron chi connectivity index (χ2n) is 5.24. The van der Waals surface area contributed by atoms with E-state index in [0.717, 1.165) is 12.8 Å². The number of rotatable bonds is 4. The molecule has 0 aliphatic carbocycles. The Balaban J connectivity index is 2.12. The Morgan fingerprint density at radius 2 is 1.89 bits per heavy atom. The van der Waals surface area contributed by atoms with E-state index in [1.165, 1.54) is 0 Å². The molecule has 1 aromatic carbocycles. The molecular weight excluding hydrogens is 240 g/mol. The first kappa shape index (κ1) is 14.1. The number of hydrogen-bond donors (Lipinski definition) is 0. The number of para-hydroxylation sites is 1. The standard InChI is InChI=1S/C16H22O3/c1-4-15(17)14-7-5-6-8-16(14)19-13-9-11(2)18-12(3)10-13/h5-8,11-13H,4,9-10H2,1-3H3. The lowest BCUT2D eigenvalue weighted by atomic mass is 10.0. The minimum atomic E-state index is 0.128. The van der Waals surface area contributed by atoms with Gasteiger partial charge in [-0.2, -0.15) is 0 Å². The minimum Gasteiger partial charge on any atom is -0.489 e. The van der Waals surface area contributed by atoms with Crippen molar-refractivity contribution in [1.82, 2.24) is 0 Å². The predicted octanol–water partition coefficient (Wildman–Crippen LogP) is 3.61. The lowest BCUT2D eigenvalue weighted by Crippen LogP contribution is -2.35. The fourth-order valence-electron chi connectivity index (χ4n) is 2.61. The molecule has 104 valence electrons. The van der Waals surface area contributed by atoms with Crippen LogP contribution in [-0.2, 0) is 4.74 Å². The summed E-state index contributed by atoms with van der Waals surface area (Å²) in [6.07, 6.45) is 2.80. The van der Waals surface area contributed by atoms with Crippen LogP contribution in [0.2, 0.25) is 0 Å². The van der Waals surface area contributed by atoms with Gasteiger partial charge in [0.15, 0.2) is 5.78 Å². The highest BCUT2D eigenvalue weighted by molar-refractivity contribution is 5.98. The van der Waals surface area contributed by atoms with Gasteiger partial charge in [-0.3, -0.25) is 4.79 Å². The van der Waals surface area contributed by atoms with Crippen molar-refractivity contribution < 1.29 is 14.3 Å². The van der Waals surface area contributed by atoms with Gasteiger partial charge in [-0.15, -0.1) is 0 Å². The molecular formula is C16H22O3. The first-order valence-corrected chi connectivity index (χ1v) is 7.04. The first-order chi connectivity index (χ1) is 9.10. The second kappa shape index (κ2) is 6.20. The molecule has 1 aliphatic rings. The molecule has 0 aromatic heterocycles. The van der Waals surface area contributed by atoms with Crippen LogP contribution >= 0.6 is 0 Å². The minimum absolute atomic E-state index is 0.128. The summed E-state index contributed by atoms with van der Waals surface area (Å²) in [4.78, 5) is 11.9. The Hall–Kier alpha value is -1.35. The van der Waals surface area contributed by atoms with Crippen molar-refractivity contribution in [3.05, 3.63) is 29.8 Å². The van der Waals surface area contributed by atoms with Crippen LogP contribution in [0, 0.1) is 0 Å². The van der Waals surface area contributed by atoms with Crippen molar-refractivity contribution in [2.45, 2.75) is 58.3 Å². The maximum absolute atomic E-state index is 11.9. The summed E-state index contributed by atoms with van der Waals surface area (Å²) >= 11 is 0. The third kappa shape index (κ3) is 3.57. The fraction of sp³-hybridized carbons (Fsp3) is 0.562. The van der Waals surface area contributed by atoms with E-state index in [1.54, 1.807) is 0 Å². The van der Waals surface area contributed by atoms with Crippen molar-refractivity contribution in [2.24, 2.45) is 0 Å². The summed E-state index contributed by atoms with van der Waals surface area (Å²) in [5, 5.41) is 0. The summed E-state index contributed by atoms with van der Waals surface area (Å²) in [5.41, 5.74) is 0.691. The zero-order valence-corrected chi connectivity index (χ0v) is 11.9. The Labute approximate surface area is 114 Å². The number of hydrogen-bond acceptors (Lipinski definition) is 3. The maximum Gasteiger partial charge on any atom is 0.166 e. The molecule has 2 atom stereocenters. The Morgan fingerprint density at radius 1 is 1.26 bits per heavy atom. The van der Waals surface area contributed by atoms with Crippen LogP contribution < -0.4 is 4.74 Å². The van der Waals surface area contributed by atoms with Crippen molar-refractivity contribution in [1.29, 1.82) is 0 Å². The molecule has 0 bridgehead atoms. The summed E-state index contributed by atoms with van der Waals surface area (Å²) in [6.45, 7) is 6.00. The number of carbonyl (C=O) groups excluding carboxylic acids is 1. The highest BCUT2D eigenvalue weighted by Crippen LogP contribution is 2.27. The smallest absolute Gasteiger partial charge is 0.166 e. The van der Waals surface area contributed by atoms with Gasteiger partial charge >= 0.3 is 0 Å². The van der Waals surface area contributed by atoms with Gasteiger partial charge in [-0.1, -0.05) is 19.1 Å². The molecule has 0 N–H and O–H groups in total. The number of ketones is 1. The third-order valence-electron chi connectivity index (χ3n) is 3.46. The van der Waals surface area contributed by atoms with Gasteiger partial charge in [0, 0.05) is 19.3 Å². The number of benzene rings is 1. The highest BCUT2D eigenvalue weighted by atomic mass is 16.5. The SMILES string of the molecule is CCC(=O)c1ccccc1OC1CC(C)OC(C)C1. The molecule has 2 rings (SSSR count). The van der Waals surface area contributed by atoms with E-state index < -0.39 is 0 Å². The molecule has 19 heavy (non-hydrogen) atoms. The van der Waals surface area contributed by atoms with Gasteiger partial charge in [0.05, 0.1) is 17.8 Å². The maximum atomic E-state index is 11.9. The van der Waals surface area contributed by atoms with Crippen LogP contribution in [0.3, 0.4) is 0 Å². The molecule has 1 aromatic rings. The van der Waals surface area contributed by atoms with Crippen LogP contribution in [0.15, 0.2) is 24.3 Å². The predicted molar refractivity (Wildman–Crippen MR) is 74.7 cm³/mol. The summed E-state index contributed by atoms with van der Waals surface area (Å²) in [7, 11) is 0. The normalized spacial score (nSPS) is 27.0. The quantitative estimate of drug-likeness (QED) is 0.777. The van der Waals surface area contributed by atoms with Crippen LogP contribution in [-0.4, -0.2) is 24.1 Å². The molecule has 3 heteroatoms. The number of Topliss-reactive ketones (excluding diaryl/α,β-unsaturated/α-hetero) is 1. The van der Waals surface area contributed by atoms with E-state index in [1.807, 2.05) is 31.2 Å². The van der Waals surface area contributed by atoms with Crippen LogP contribution in [0.1, 0.15) is 50.4 Å². The average molecular weight is 262 g/mol. The van der Waals surface area contributed by atoms with Crippen LogP contribution in [0.4, 0.5) is 0 Å². The first-order valence-electron chi connectivity index (χ1n) is 7.04. The van der Waals surface area contributed by atoms with Gasteiger partial charge in [0.2, 0.25) is 0 Å². The van der Waals surface area contributed by atoms with E-state index in [4.69, 9.17) is 9.47 Å². The molecule has 3 nitrogen and oxygen atoms in total. The van der Waals surface area contributed by atoms with Gasteiger partial charge in [0.25, 0.3) is 0 Å². The fourth-order valence-corrected chi connectivity index (χ4v) is 2.61. The largest absolute Gasteiger partial charge is 0.489 e. The lowest BCUT2D eigenvalue weighted by Gasteiger charge is -2.32. The molecule has 0 saturated carbocycles. The highest BCUT2D eigenvalue weighted by Gasteiger charge is 2.26. The van der Waals surface area contributed by atoms with Crippen molar-refractivity contribution in [3.8, 4) is 5.75 Å². The Kier molecular flexibility index (Phi) is 4.59. The number of ether oxygens (including phenoxy) is 2. The van der Waals surface area contributed by atoms with Crippen LogP contribution in [0.25, 0.3) is 0 Å². The van der Waals surface area contributed by atoms with Crippen molar-refractivity contribution in [2.75, 3.05) is 0 Å². The van der Waals surface area contributed by atoms with Gasteiger partial charge in [-0.25, -0.2) is 0 Å². The van der Waals surface area contributed by atoms with Crippen LogP contribution in [0.5, 0.6) is 5.75 Å². The van der Waals surface area contributed by atoms with Gasteiger partial charge in [-0.05, 0) is 26.0 Å². The Morgan fingerprint density at radius 3 is 2.53 bits per heavy atom. The topological polar surface area (TPSA) is 35.5 Å². The Bertz CT molecular complexity index is 431. The molecule has 0 spiro atoms. The summed E-state index contributed by atoms with van der Waals surface area (Å²) < 4.78 is 11.8. The van der Waals surface area contributed by atoms with Gasteiger partial charge < -0.3 is 9.47 Å². The van der Waals surface area contributed by atoms with Crippen molar-refractivity contribution in [3.63, 3.8) is 0 Å². The van der Waals surface area contributed by atoms with E-state index >= 15 is 0 Å². The van der Waals surface area contributed by atoms with Gasteiger partial charge in [0.1, 0.15) is 11.9 Å². The third-order valence-corrected chi connectivity index (χ3v) is 3.46.